The number of benzene rings is 2. The van der Waals surface area contributed by atoms with Crippen molar-refractivity contribution >= 4 is 36.0 Å². The van der Waals surface area contributed by atoms with Crippen LogP contribution in [0.15, 0.2) is 35.2 Å². The molecule has 5 nitrogen and oxygen atoms in total. The number of carbonyl (C=O) groups is 1. The molecule has 0 spiro atoms. The van der Waals surface area contributed by atoms with Crippen LogP contribution >= 0.6 is 12.6 Å². The molecule has 180 valence electrons. The van der Waals surface area contributed by atoms with Crippen molar-refractivity contribution in [2.45, 2.75) is 54.9 Å². The van der Waals surface area contributed by atoms with Gasteiger partial charge in [-0.1, -0.05) is 12.8 Å². The standard InChI is InChI=1S/C19H30N4O.C6H4F2S/c1-21-18-16(19(13-24)7-3-4-8-19)11-14(20)12-17(18)22-15-5-9-23(2)10-6-15;7-4-1-2-6(9)5(8)3-4/h11-13,15,21-22H,3-10,20H2,1-2H3;1-3,9H. The van der Waals surface area contributed by atoms with Crippen LogP contribution in [0.4, 0.5) is 25.8 Å². The molecule has 1 aliphatic carbocycles. The number of aldehydes is 1. The van der Waals surface area contributed by atoms with Gasteiger partial charge in [0, 0.05) is 29.7 Å². The van der Waals surface area contributed by atoms with Gasteiger partial charge in [0.2, 0.25) is 0 Å². The van der Waals surface area contributed by atoms with E-state index in [2.05, 4.69) is 35.2 Å². The van der Waals surface area contributed by atoms with Crippen molar-refractivity contribution in [2.24, 2.45) is 0 Å². The highest BCUT2D eigenvalue weighted by Crippen LogP contribution is 2.45. The number of halogens is 2. The summed E-state index contributed by atoms with van der Waals surface area (Å²) in [7, 11) is 4.10. The Bertz CT molecular complexity index is 958. The Morgan fingerprint density at radius 1 is 1.15 bits per heavy atom. The summed E-state index contributed by atoms with van der Waals surface area (Å²) >= 11 is 3.70. The van der Waals surface area contributed by atoms with Gasteiger partial charge in [-0.2, -0.15) is 0 Å². The molecule has 0 aromatic heterocycles. The van der Waals surface area contributed by atoms with E-state index in [4.69, 9.17) is 5.73 Å². The zero-order chi connectivity index (χ0) is 24.0. The highest BCUT2D eigenvalue weighted by atomic mass is 32.1. The smallest absolute Gasteiger partial charge is 0.139 e. The zero-order valence-electron chi connectivity index (χ0n) is 19.3. The van der Waals surface area contributed by atoms with Gasteiger partial charge in [-0.3, -0.25) is 0 Å². The van der Waals surface area contributed by atoms with E-state index in [9.17, 15) is 13.6 Å². The molecular weight excluding hydrogens is 442 g/mol. The fourth-order valence-corrected chi connectivity index (χ4v) is 4.89. The number of hydrogen-bond acceptors (Lipinski definition) is 6. The van der Waals surface area contributed by atoms with E-state index in [1.165, 1.54) is 6.07 Å². The molecule has 0 radical (unpaired) electrons. The normalized spacial score (nSPS) is 18.3. The molecule has 1 saturated heterocycles. The molecule has 0 bridgehead atoms. The van der Waals surface area contributed by atoms with Gasteiger partial charge in [0.25, 0.3) is 0 Å². The number of thiol groups is 1. The lowest BCUT2D eigenvalue weighted by Gasteiger charge is -2.32. The lowest BCUT2D eigenvalue weighted by atomic mass is 9.78. The first kappa shape index (κ1) is 25.3. The molecule has 1 aliphatic heterocycles. The molecule has 2 fully saturated rings. The van der Waals surface area contributed by atoms with E-state index in [0.717, 1.165) is 92.7 Å². The Morgan fingerprint density at radius 2 is 1.82 bits per heavy atom. The summed E-state index contributed by atoms with van der Waals surface area (Å²) in [5.41, 5.74) is 9.69. The first-order valence-corrected chi connectivity index (χ1v) is 11.9. The molecule has 0 amide bonds. The van der Waals surface area contributed by atoms with Gasteiger partial charge >= 0.3 is 0 Å². The van der Waals surface area contributed by atoms with E-state index in [0.29, 0.717) is 6.04 Å². The maximum absolute atomic E-state index is 12.3. The van der Waals surface area contributed by atoms with Gasteiger partial charge < -0.3 is 26.1 Å². The lowest BCUT2D eigenvalue weighted by molar-refractivity contribution is -0.112. The number of anilines is 3. The van der Waals surface area contributed by atoms with E-state index in [-0.39, 0.29) is 10.3 Å². The molecule has 0 atom stereocenters. The number of carbonyl (C=O) groups excluding carboxylic acids is 1. The summed E-state index contributed by atoms with van der Waals surface area (Å²) in [6.07, 6.45) is 7.45. The second kappa shape index (κ2) is 11.2. The van der Waals surface area contributed by atoms with Crippen molar-refractivity contribution in [1.29, 1.82) is 0 Å². The van der Waals surface area contributed by atoms with E-state index in [1.807, 2.05) is 19.2 Å². The zero-order valence-corrected chi connectivity index (χ0v) is 20.2. The second-order valence-electron chi connectivity index (χ2n) is 9.04. The lowest BCUT2D eigenvalue weighted by Crippen LogP contribution is -2.37. The maximum atomic E-state index is 12.3. The molecule has 0 unspecified atom stereocenters. The van der Waals surface area contributed by atoms with Crippen molar-refractivity contribution in [1.82, 2.24) is 4.90 Å². The third-order valence-corrected chi connectivity index (χ3v) is 7.02. The molecule has 4 N–H and O–H groups in total. The molecule has 1 heterocycles. The van der Waals surface area contributed by atoms with Crippen molar-refractivity contribution in [3.05, 3.63) is 47.5 Å². The summed E-state index contributed by atoms with van der Waals surface area (Å²) in [5, 5.41) is 7.02. The third-order valence-electron chi connectivity index (χ3n) is 6.66. The van der Waals surface area contributed by atoms with Crippen LogP contribution in [0, 0.1) is 11.6 Å². The van der Waals surface area contributed by atoms with Crippen molar-refractivity contribution in [2.75, 3.05) is 43.6 Å². The largest absolute Gasteiger partial charge is 0.399 e. The predicted octanol–water partition coefficient (Wildman–Crippen LogP) is 5.08. The Labute approximate surface area is 200 Å². The Balaban J connectivity index is 0.000000286. The molecule has 2 aliphatic rings. The summed E-state index contributed by atoms with van der Waals surface area (Å²) in [6, 6.07) is 7.67. The maximum Gasteiger partial charge on any atom is 0.139 e. The highest BCUT2D eigenvalue weighted by molar-refractivity contribution is 7.80. The van der Waals surface area contributed by atoms with Crippen LogP contribution in [0.2, 0.25) is 0 Å². The van der Waals surface area contributed by atoms with Gasteiger partial charge in [0.1, 0.15) is 17.9 Å². The van der Waals surface area contributed by atoms with Crippen molar-refractivity contribution in [3.63, 3.8) is 0 Å². The molecule has 1 saturated carbocycles. The van der Waals surface area contributed by atoms with E-state index >= 15 is 0 Å². The summed E-state index contributed by atoms with van der Waals surface area (Å²) in [6.45, 7) is 2.22. The summed E-state index contributed by atoms with van der Waals surface area (Å²) in [4.78, 5) is 14.5. The predicted molar refractivity (Wildman–Crippen MR) is 134 cm³/mol. The van der Waals surface area contributed by atoms with E-state index < -0.39 is 11.6 Å². The minimum Gasteiger partial charge on any atom is -0.399 e. The van der Waals surface area contributed by atoms with Crippen molar-refractivity contribution in [3.8, 4) is 0 Å². The Kier molecular flexibility index (Phi) is 8.59. The first-order chi connectivity index (χ1) is 15.8. The molecule has 2 aromatic carbocycles. The summed E-state index contributed by atoms with van der Waals surface area (Å²) < 4.78 is 24.3. The number of piperidine rings is 1. The van der Waals surface area contributed by atoms with Crippen LogP contribution in [0.25, 0.3) is 0 Å². The van der Waals surface area contributed by atoms with Gasteiger partial charge in [0.05, 0.1) is 16.8 Å². The molecule has 8 heteroatoms. The number of nitrogens with zero attached hydrogens (tertiary/aromatic N) is 1. The first-order valence-electron chi connectivity index (χ1n) is 11.4. The number of hydrogen-bond donors (Lipinski definition) is 4. The topological polar surface area (TPSA) is 70.4 Å². The van der Waals surface area contributed by atoms with Crippen LogP contribution in [0.1, 0.15) is 44.1 Å². The number of nitrogen functional groups attached to an aromatic ring is 1. The van der Waals surface area contributed by atoms with Crippen LogP contribution in [0.3, 0.4) is 0 Å². The van der Waals surface area contributed by atoms with Crippen LogP contribution in [0.5, 0.6) is 0 Å². The van der Waals surface area contributed by atoms with Gasteiger partial charge in [-0.15, -0.1) is 12.6 Å². The van der Waals surface area contributed by atoms with Crippen LogP contribution in [-0.4, -0.2) is 44.4 Å². The van der Waals surface area contributed by atoms with Crippen LogP contribution < -0.4 is 16.4 Å². The molecule has 2 aromatic rings. The number of nitrogens with one attached hydrogen (secondary N) is 2. The Hall–Kier alpha value is -2.32. The second-order valence-corrected chi connectivity index (χ2v) is 9.52. The SMILES string of the molecule is CNc1c(NC2CCN(C)CC2)cc(N)cc1C1(C=O)CCCC1.Fc1ccc(S)c(F)c1. The Morgan fingerprint density at radius 3 is 2.36 bits per heavy atom. The summed E-state index contributed by atoms with van der Waals surface area (Å²) in [5.74, 6) is -1.20. The quantitative estimate of drug-likeness (QED) is 0.275. The number of likely N-dealkylation sites (tertiary alicyclic amines) is 1. The van der Waals surface area contributed by atoms with Crippen LogP contribution in [-0.2, 0) is 10.2 Å². The minimum absolute atomic E-state index is 0.163. The minimum atomic E-state index is -0.627. The monoisotopic (exact) mass is 476 g/mol. The fraction of sp³-hybridized carbons (Fsp3) is 0.480. The molecule has 4 rings (SSSR count). The average molecular weight is 477 g/mol. The van der Waals surface area contributed by atoms with Crippen molar-refractivity contribution < 1.29 is 13.6 Å². The van der Waals surface area contributed by atoms with Gasteiger partial charge in [0.15, 0.2) is 0 Å². The van der Waals surface area contributed by atoms with Gasteiger partial charge in [-0.05, 0) is 75.6 Å². The molecular formula is C25H34F2N4OS. The number of rotatable bonds is 5. The number of nitrogens with two attached hydrogens (primary N) is 1. The molecule has 33 heavy (non-hydrogen) atoms. The third kappa shape index (κ3) is 6.18. The average Bonchev–Trinajstić information content (AvgIpc) is 3.29. The van der Waals surface area contributed by atoms with Gasteiger partial charge in [-0.25, -0.2) is 8.78 Å². The fourth-order valence-electron chi connectivity index (χ4n) is 4.75. The van der Waals surface area contributed by atoms with E-state index in [1.54, 1.807) is 0 Å². The highest BCUT2D eigenvalue weighted by Gasteiger charge is 2.38.